The second-order valence-corrected chi connectivity index (χ2v) is 8.82. The molecule has 5 rings (SSSR count). The zero-order valence-electron chi connectivity index (χ0n) is 16.3. The summed E-state index contributed by atoms with van der Waals surface area (Å²) >= 11 is 2.89. The van der Waals surface area contributed by atoms with Gasteiger partial charge in [-0.25, -0.2) is 0 Å². The Morgan fingerprint density at radius 3 is 2.65 bits per heavy atom. The Labute approximate surface area is 184 Å². The summed E-state index contributed by atoms with van der Waals surface area (Å²) in [6.45, 7) is 1.93. The van der Waals surface area contributed by atoms with Crippen molar-refractivity contribution >= 4 is 44.7 Å². The number of aryl methyl sites for hydroxylation is 1. The standard InChI is InChI=1S/C23H15N3O3S2/c1-13-4-9-18-16(11-13)17(27)12-19(29-18)14-5-7-15(8-6-14)21(28)24-23-26-25-22(31-23)20-3-2-10-30-20/h2-12H,1H3,(H,24,26,28). The number of carbonyl (C=O) groups is 1. The fourth-order valence-corrected chi connectivity index (χ4v) is 4.67. The lowest BCUT2D eigenvalue weighted by Crippen LogP contribution is -2.11. The Kier molecular flexibility index (Phi) is 4.93. The number of nitrogens with one attached hydrogen (secondary N) is 1. The van der Waals surface area contributed by atoms with Crippen molar-refractivity contribution in [3.63, 3.8) is 0 Å². The average molecular weight is 446 g/mol. The summed E-state index contributed by atoms with van der Waals surface area (Å²) in [4.78, 5) is 26.0. The van der Waals surface area contributed by atoms with Gasteiger partial charge in [-0.1, -0.05) is 41.2 Å². The predicted molar refractivity (Wildman–Crippen MR) is 124 cm³/mol. The molecule has 6 nitrogen and oxygen atoms in total. The van der Waals surface area contributed by atoms with Crippen LogP contribution in [0.5, 0.6) is 0 Å². The van der Waals surface area contributed by atoms with Crippen LogP contribution in [-0.2, 0) is 0 Å². The predicted octanol–water partition coefficient (Wildman–Crippen LogP) is 5.60. The summed E-state index contributed by atoms with van der Waals surface area (Å²) in [7, 11) is 0. The van der Waals surface area contributed by atoms with Crippen molar-refractivity contribution in [3.05, 3.63) is 87.4 Å². The molecule has 1 amide bonds. The summed E-state index contributed by atoms with van der Waals surface area (Å²) in [5.74, 6) is 0.175. The minimum Gasteiger partial charge on any atom is -0.456 e. The first-order valence-electron chi connectivity index (χ1n) is 9.40. The van der Waals surface area contributed by atoms with Crippen molar-refractivity contribution in [1.29, 1.82) is 0 Å². The molecule has 0 spiro atoms. The quantitative estimate of drug-likeness (QED) is 0.389. The smallest absolute Gasteiger partial charge is 0.257 e. The number of fused-ring (bicyclic) bond motifs is 1. The third kappa shape index (κ3) is 3.90. The third-order valence-corrected chi connectivity index (χ3v) is 6.57. The van der Waals surface area contributed by atoms with Gasteiger partial charge in [0.1, 0.15) is 11.3 Å². The molecule has 0 saturated heterocycles. The van der Waals surface area contributed by atoms with E-state index in [-0.39, 0.29) is 11.3 Å². The van der Waals surface area contributed by atoms with Gasteiger partial charge in [-0.3, -0.25) is 14.9 Å². The highest BCUT2D eigenvalue weighted by Crippen LogP contribution is 2.30. The summed E-state index contributed by atoms with van der Waals surface area (Å²) in [5, 5.41) is 14.7. The van der Waals surface area contributed by atoms with Crippen LogP contribution < -0.4 is 10.7 Å². The number of hydrogen-bond acceptors (Lipinski definition) is 7. The highest BCUT2D eigenvalue weighted by Gasteiger charge is 2.13. The van der Waals surface area contributed by atoms with Crippen molar-refractivity contribution in [3.8, 4) is 21.2 Å². The number of hydrogen-bond donors (Lipinski definition) is 1. The molecule has 2 aromatic carbocycles. The highest BCUT2D eigenvalue weighted by atomic mass is 32.1. The lowest BCUT2D eigenvalue weighted by Gasteiger charge is -2.05. The Morgan fingerprint density at radius 2 is 1.87 bits per heavy atom. The van der Waals surface area contributed by atoms with Crippen LogP contribution >= 0.6 is 22.7 Å². The molecule has 0 fully saturated rings. The molecule has 152 valence electrons. The van der Waals surface area contributed by atoms with Gasteiger partial charge in [0.05, 0.1) is 10.3 Å². The fraction of sp³-hybridized carbons (Fsp3) is 0.0435. The van der Waals surface area contributed by atoms with E-state index in [1.165, 1.54) is 17.4 Å². The molecule has 0 radical (unpaired) electrons. The van der Waals surface area contributed by atoms with E-state index in [0.717, 1.165) is 15.4 Å². The van der Waals surface area contributed by atoms with Crippen molar-refractivity contribution in [2.75, 3.05) is 5.32 Å². The van der Waals surface area contributed by atoms with Crippen molar-refractivity contribution in [1.82, 2.24) is 10.2 Å². The summed E-state index contributed by atoms with van der Waals surface area (Å²) in [6.07, 6.45) is 0. The molecule has 0 unspecified atom stereocenters. The second-order valence-electron chi connectivity index (χ2n) is 6.90. The lowest BCUT2D eigenvalue weighted by molar-refractivity contribution is 0.102. The normalized spacial score (nSPS) is 11.0. The molecule has 0 aliphatic carbocycles. The van der Waals surface area contributed by atoms with E-state index in [2.05, 4.69) is 15.5 Å². The van der Waals surface area contributed by atoms with Gasteiger partial charge < -0.3 is 4.42 Å². The Hall–Kier alpha value is -3.62. The van der Waals surface area contributed by atoms with Crippen LogP contribution in [0.15, 0.2) is 75.3 Å². The number of anilines is 1. The second kappa shape index (κ2) is 7.90. The molecule has 5 aromatic rings. The molecular weight excluding hydrogens is 430 g/mol. The molecule has 0 aliphatic heterocycles. The van der Waals surface area contributed by atoms with Crippen molar-refractivity contribution in [2.45, 2.75) is 6.92 Å². The number of carbonyl (C=O) groups excluding carboxylic acids is 1. The molecule has 1 N–H and O–H groups in total. The Morgan fingerprint density at radius 1 is 1.03 bits per heavy atom. The largest absolute Gasteiger partial charge is 0.456 e. The van der Waals surface area contributed by atoms with Crippen LogP contribution in [0.4, 0.5) is 5.13 Å². The molecule has 3 heterocycles. The zero-order chi connectivity index (χ0) is 21.4. The van der Waals surface area contributed by atoms with Crippen LogP contribution in [-0.4, -0.2) is 16.1 Å². The Balaban J connectivity index is 1.36. The van der Waals surface area contributed by atoms with E-state index in [1.807, 2.05) is 36.6 Å². The minimum absolute atomic E-state index is 0.0976. The van der Waals surface area contributed by atoms with Crippen molar-refractivity contribution in [2.24, 2.45) is 0 Å². The van der Waals surface area contributed by atoms with E-state index in [4.69, 9.17) is 4.42 Å². The van der Waals surface area contributed by atoms with Gasteiger partial charge in [-0.05, 0) is 42.6 Å². The van der Waals surface area contributed by atoms with E-state index in [9.17, 15) is 9.59 Å². The maximum Gasteiger partial charge on any atom is 0.257 e. The summed E-state index contributed by atoms with van der Waals surface area (Å²) < 4.78 is 5.90. The molecular formula is C23H15N3O3S2. The summed E-state index contributed by atoms with van der Waals surface area (Å²) in [6, 6.07) is 17.8. The monoisotopic (exact) mass is 445 g/mol. The van der Waals surface area contributed by atoms with E-state index in [1.54, 1.807) is 41.7 Å². The number of benzene rings is 2. The highest BCUT2D eigenvalue weighted by molar-refractivity contribution is 7.23. The van der Waals surface area contributed by atoms with Gasteiger partial charge in [0.15, 0.2) is 10.4 Å². The van der Waals surface area contributed by atoms with Crippen LogP contribution in [0, 0.1) is 6.92 Å². The van der Waals surface area contributed by atoms with Gasteiger partial charge in [0.2, 0.25) is 5.13 Å². The first kappa shape index (κ1) is 19.3. The number of nitrogens with zero attached hydrogens (tertiary/aromatic N) is 2. The summed E-state index contributed by atoms with van der Waals surface area (Å²) in [5.41, 5.74) is 2.62. The number of amides is 1. The molecule has 31 heavy (non-hydrogen) atoms. The van der Waals surface area contributed by atoms with Crippen LogP contribution in [0.3, 0.4) is 0 Å². The minimum atomic E-state index is -0.282. The fourth-order valence-electron chi connectivity index (χ4n) is 3.14. The van der Waals surface area contributed by atoms with E-state index < -0.39 is 0 Å². The van der Waals surface area contributed by atoms with Crippen LogP contribution in [0.25, 0.3) is 32.2 Å². The van der Waals surface area contributed by atoms with Gasteiger partial charge in [-0.2, -0.15) is 0 Å². The van der Waals surface area contributed by atoms with Gasteiger partial charge >= 0.3 is 0 Å². The maximum atomic E-state index is 12.6. The Bertz CT molecular complexity index is 1450. The van der Waals surface area contributed by atoms with E-state index >= 15 is 0 Å². The SMILES string of the molecule is Cc1ccc2oc(-c3ccc(C(=O)Nc4nnc(-c5cccs5)s4)cc3)cc(=O)c2c1. The topological polar surface area (TPSA) is 85.1 Å². The number of thiophene rings is 1. The average Bonchev–Trinajstić information content (AvgIpc) is 3.46. The molecule has 3 aromatic heterocycles. The lowest BCUT2D eigenvalue weighted by atomic mass is 10.1. The zero-order valence-corrected chi connectivity index (χ0v) is 17.9. The first-order chi connectivity index (χ1) is 15.1. The molecule has 0 bridgehead atoms. The van der Waals surface area contributed by atoms with Crippen LogP contribution in [0.2, 0.25) is 0 Å². The van der Waals surface area contributed by atoms with Crippen LogP contribution in [0.1, 0.15) is 15.9 Å². The first-order valence-corrected chi connectivity index (χ1v) is 11.1. The molecule has 0 atom stereocenters. The van der Waals surface area contributed by atoms with Gasteiger partial charge in [0.25, 0.3) is 5.91 Å². The van der Waals surface area contributed by atoms with Gasteiger partial charge in [-0.15, -0.1) is 21.5 Å². The van der Waals surface area contributed by atoms with E-state index in [0.29, 0.717) is 33.0 Å². The molecule has 0 saturated carbocycles. The maximum absolute atomic E-state index is 12.6. The number of rotatable bonds is 4. The van der Waals surface area contributed by atoms with Gasteiger partial charge in [0, 0.05) is 17.2 Å². The van der Waals surface area contributed by atoms with Crippen molar-refractivity contribution < 1.29 is 9.21 Å². The molecule has 8 heteroatoms. The number of aromatic nitrogens is 2. The molecule has 0 aliphatic rings. The third-order valence-electron chi connectivity index (χ3n) is 4.69.